The number of aromatic nitrogens is 2. The first-order valence-corrected chi connectivity index (χ1v) is 10.2. The zero-order valence-electron chi connectivity index (χ0n) is 18.0. The number of hydrogen-bond acceptors (Lipinski definition) is 4. The second-order valence-corrected chi connectivity index (χ2v) is 8.57. The van der Waals surface area contributed by atoms with Gasteiger partial charge < -0.3 is 4.84 Å². The number of carbonyl (C=O) groups is 1. The van der Waals surface area contributed by atoms with Gasteiger partial charge in [0.15, 0.2) is 5.82 Å². The Labute approximate surface area is 180 Å². The summed E-state index contributed by atoms with van der Waals surface area (Å²) >= 11 is 0. The van der Waals surface area contributed by atoms with E-state index >= 15 is 0 Å². The molecule has 0 spiro atoms. The fraction of sp³-hybridized carbons (Fsp3) is 0.192. The highest BCUT2D eigenvalue weighted by molar-refractivity contribution is 5.91. The highest BCUT2D eigenvalue weighted by Gasteiger charge is 2.20. The molecule has 1 aromatic heterocycles. The smallest absolute Gasteiger partial charge is 0.326 e. The van der Waals surface area contributed by atoms with Crippen molar-refractivity contribution in [2.24, 2.45) is 0 Å². The van der Waals surface area contributed by atoms with Gasteiger partial charge in [-0.15, -0.1) is 4.73 Å². The van der Waals surface area contributed by atoms with Gasteiger partial charge >= 0.3 is 5.97 Å². The molecule has 0 unspecified atom stereocenters. The van der Waals surface area contributed by atoms with E-state index in [1.807, 2.05) is 49.4 Å². The van der Waals surface area contributed by atoms with Gasteiger partial charge in [-0.25, -0.2) is 9.78 Å². The molecule has 0 aliphatic heterocycles. The quantitative estimate of drug-likeness (QED) is 0.478. The summed E-state index contributed by atoms with van der Waals surface area (Å²) in [6.45, 7) is 8.23. The zero-order valence-corrected chi connectivity index (χ0v) is 18.0. The lowest BCUT2D eigenvalue weighted by molar-refractivity contribution is 0.0449. The Morgan fingerprint density at radius 3 is 2.23 bits per heavy atom. The van der Waals surface area contributed by atoms with Crippen molar-refractivity contribution in [3.63, 3.8) is 0 Å². The molecule has 0 aliphatic carbocycles. The molecule has 4 aromatic rings. The Morgan fingerprint density at radius 1 is 0.903 bits per heavy atom. The number of benzene rings is 3. The highest BCUT2D eigenvalue weighted by Crippen LogP contribution is 2.25. The van der Waals surface area contributed by atoms with E-state index in [4.69, 9.17) is 4.84 Å². The van der Waals surface area contributed by atoms with E-state index in [9.17, 15) is 9.59 Å². The van der Waals surface area contributed by atoms with E-state index in [1.165, 1.54) is 0 Å². The summed E-state index contributed by atoms with van der Waals surface area (Å²) in [7, 11) is 0. The molecular weight excluding hydrogens is 388 g/mol. The predicted molar refractivity (Wildman–Crippen MR) is 122 cm³/mol. The molecule has 0 N–H and O–H groups in total. The molecule has 31 heavy (non-hydrogen) atoms. The van der Waals surface area contributed by atoms with Gasteiger partial charge in [-0.05, 0) is 41.7 Å². The summed E-state index contributed by atoms with van der Waals surface area (Å²) in [4.78, 5) is 36.4. The molecule has 0 bridgehead atoms. The first kappa shape index (κ1) is 20.5. The zero-order chi connectivity index (χ0) is 22.2. The van der Waals surface area contributed by atoms with Crippen molar-refractivity contribution in [1.82, 2.24) is 9.71 Å². The minimum Gasteiger partial charge on any atom is -0.326 e. The molecule has 5 nitrogen and oxygen atoms in total. The molecule has 156 valence electrons. The van der Waals surface area contributed by atoms with Crippen LogP contribution in [-0.4, -0.2) is 15.7 Å². The van der Waals surface area contributed by atoms with Gasteiger partial charge in [0.1, 0.15) is 0 Å². The van der Waals surface area contributed by atoms with Gasteiger partial charge in [-0.3, -0.25) is 4.79 Å². The molecule has 4 rings (SSSR count). The van der Waals surface area contributed by atoms with Gasteiger partial charge in [0.2, 0.25) is 0 Å². The molecule has 1 heterocycles. The van der Waals surface area contributed by atoms with E-state index in [0.717, 1.165) is 15.9 Å². The largest absolute Gasteiger partial charge is 0.364 e. The number of para-hydroxylation sites is 1. The average Bonchev–Trinajstić information content (AvgIpc) is 2.75. The van der Waals surface area contributed by atoms with Gasteiger partial charge in [0.25, 0.3) is 5.56 Å². The molecule has 0 fully saturated rings. The van der Waals surface area contributed by atoms with E-state index in [1.54, 1.807) is 30.3 Å². The molecule has 0 amide bonds. The van der Waals surface area contributed by atoms with Crippen molar-refractivity contribution >= 4 is 16.9 Å². The molecule has 3 aromatic carbocycles. The van der Waals surface area contributed by atoms with Crippen LogP contribution in [-0.2, 0) is 5.41 Å². The summed E-state index contributed by atoms with van der Waals surface area (Å²) in [6.07, 6.45) is 0. The third kappa shape index (κ3) is 3.99. The summed E-state index contributed by atoms with van der Waals surface area (Å²) in [5, 5.41) is 0.384. The average molecular weight is 412 g/mol. The molecule has 0 radical (unpaired) electrons. The van der Waals surface area contributed by atoms with Gasteiger partial charge in [0.05, 0.1) is 16.5 Å². The van der Waals surface area contributed by atoms with Gasteiger partial charge in [-0.2, -0.15) is 0 Å². The van der Waals surface area contributed by atoms with E-state index in [-0.39, 0.29) is 11.2 Å². The van der Waals surface area contributed by atoms with E-state index in [2.05, 4.69) is 25.8 Å². The molecule has 0 atom stereocenters. The van der Waals surface area contributed by atoms with Gasteiger partial charge in [0, 0.05) is 5.56 Å². The van der Waals surface area contributed by atoms with Crippen LogP contribution in [0, 0.1) is 6.92 Å². The van der Waals surface area contributed by atoms with Crippen LogP contribution in [0.15, 0.2) is 77.6 Å². The second-order valence-electron chi connectivity index (χ2n) is 8.57. The van der Waals surface area contributed by atoms with E-state index < -0.39 is 11.5 Å². The SMILES string of the molecule is Cc1ccccc1C(=O)On1c(-c2ccc(C(C)(C)C)cc2)nc2ccccc2c1=O. The maximum Gasteiger partial charge on any atom is 0.364 e. The normalized spacial score (nSPS) is 11.5. The van der Waals surface area contributed by atoms with Crippen LogP contribution in [0.3, 0.4) is 0 Å². The van der Waals surface area contributed by atoms with Crippen molar-refractivity contribution in [3.8, 4) is 11.4 Å². The fourth-order valence-electron chi connectivity index (χ4n) is 3.44. The molecular formula is C26H24N2O3. The third-order valence-electron chi connectivity index (χ3n) is 5.29. The summed E-state index contributed by atoms with van der Waals surface area (Å²) in [5.74, 6) is -0.323. The highest BCUT2D eigenvalue weighted by atomic mass is 16.7. The minimum atomic E-state index is -0.607. The number of carbonyl (C=O) groups excluding carboxylic acids is 1. The number of rotatable bonds is 3. The Hall–Kier alpha value is -3.73. The van der Waals surface area contributed by atoms with Crippen molar-refractivity contribution in [2.45, 2.75) is 33.1 Å². The lowest BCUT2D eigenvalue weighted by Crippen LogP contribution is -2.33. The molecule has 0 saturated heterocycles. The summed E-state index contributed by atoms with van der Waals surface area (Å²) in [6, 6.07) is 21.9. The van der Waals surface area contributed by atoms with E-state index in [0.29, 0.717) is 22.0 Å². The summed E-state index contributed by atoms with van der Waals surface area (Å²) in [5.41, 5.74) is 3.12. The van der Waals surface area contributed by atoms with Crippen molar-refractivity contribution in [1.29, 1.82) is 0 Å². The maximum atomic E-state index is 13.2. The second kappa shape index (κ2) is 7.84. The van der Waals surface area contributed by atoms with Crippen LogP contribution in [0.25, 0.3) is 22.3 Å². The first-order chi connectivity index (χ1) is 14.8. The topological polar surface area (TPSA) is 61.2 Å². The standard InChI is InChI=1S/C26H24N2O3/c1-17-9-5-6-10-20(17)25(30)31-28-23(18-13-15-19(16-14-18)26(2,3)4)27-22-12-8-7-11-21(22)24(28)29/h5-16H,1-4H3. The number of aryl methyl sites for hydroxylation is 1. The Balaban J connectivity index is 1.87. The van der Waals surface area contributed by atoms with Crippen LogP contribution in [0.5, 0.6) is 0 Å². The maximum absolute atomic E-state index is 13.2. The Morgan fingerprint density at radius 2 is 1.55 bits per heavy atom. The number of nitrogens with zero attached hydrogens (tertiary/aromatic N) is 2. The molecule has 5 heteroatoms. The predicted octanol–water partition coefficient (Wildman–Crippen LogP) is 4.94. The molecule has 0 aliphatic rings. The van der Waals surface area contributed by atoms with Crippen molar-refractivity contribution in [2.75, 3.05) is 0 Å². The lowest BCUT2D eigenvalue weighted by atomic mass is 9.86. The van der Waals surface area contributed by atoms with Crippen molar-refractivity contribution in [3.05, 3.63) is 99.8 Å². The van der Waals surface area contributed by atoms with Crippen LogP contribution in [0.4, 0.5) is 0 Å². The minimum absolute atomic E-state index is 0.00763. The molecule has 0 saturated carbocycles. The van der Waals surface area contributed by atoms with Gasteiger partial charge in [-0.1, -0.05) is 75.4 Å². The summed E-state index contributed by atoms with van der Waals surface area (Å²) < 4.78 is 1.00. The van der Waals surface area contributed by atoms with Crippen LogP contribution >= 0.6 is 0 Å². The Kier molecular flexibility index (Phi) is 5.19. The number of hydrogen-bond donors (Lipinski definition) is 0. The monoisotopic (exact) mass is 412 g/mol. The van der Waals surface area contributed by atoms with Crippen LogP contribution < -0.4 is 10.4 Å². The third-order valence-corrected chi connectivity index (χ3v) is 5.29. The lowest BCUT2D eigenvalue weighted by Gasteiger charge is -2.19. The Bertz CT molecular complexity index is 1330. The first-order valence-electron chi connectivity index (χ1n) is 10.2. The van der Waals surface area contributed by atoms with Crippen LogP contribution in [0.1, 0.15) is 42.3 Å². The number of fused-ring (bicyclic) bond motifs is 1. The van der Waals surface area contributed by atoms with Crippen LogP contribution in [0.2, 0.25) is 0 Å². The van der Waals surface area contributed by atoms with Crippen molar-refractivity contribution < 1.29 is 9.63 Å². The fourth-order valence-corrected chi connectivity index (χ4v) is 3.44.